The lowest BCUT2D eigenvalue weighted by molar-refractivity contribution is -0.143. The Balaban J connectivity index is 3.05. The summed E-state index contributed by atoms with van der Waals surface area (Å²) in [5.41, 5.74) is 0. The lowest BCUT2D eigenvalue weighted by Gasteiger charge is -1.98. The van der Waals surface area contributed by atoms with E-state index >= 15 is 0 Å². The van der Waals surface area contributed by atoms with Crippen molar-refractivity contribution in [1.29, 1.82) is 0 Å². The molecule has 59 valence electrons. The molecule has 0 aromatic heterocycles. The SMILES string of the molecule is CCOC(=O)CCC[CH]O. The van der Waals surface area contributed by atoms with Gasteiger partial charge in [0.2, 0.25) is 0 Å². The van der Waals surface area contributed by atoms with Gasteiger partial charge in [0.25, 0.3) is 0 Å². The Bertz CT molecular complexity index is 90.9. The summed E-state index contributed by atoms with van der Waals surface area (Å²) >= 11 is 0. The van der Waals surface area contributed by atoms with Gasteiger partial charge >= 0.3 is 5.97 Å². The number of hydrogen-bond acceptors (Lipinski definition) is 3. The van der Waals surface area contributed by atoms with Crippen molar-refractivity contribution >= 4 is 5.97 Å². The molecule has 0 aliphatic rings. The van der Waals surface area contributed by atoms with Crippen molar-refractivity contribution in [3.63, 3.8) is 0 Å². The maximum absolute atomic E-state index is 10.6. The Kier molecular flexibility index (Phi) is 6.18. The van der Waals surface area contributed by atoms with Crippen LogP contribution in [0.5, 0.6) is 0 Å². The molecule has 1 radical (unpaired) electrons. The molecule has 1 N–H and O–H groups in total. The molecule has 3 nitrogen and oxygen atoms in total. The average Bonchev–Trinajstić information content (AvgIpc) is 1.89. The number of aliphatic hydroxyl groups excluding tert-OH is 1. The monoisotopic (exact) mass is 145 g/mol. The fraction of sp³-hybridized carbons (Fsp3) is 0.714. The van der Waals surface area contributed by atoms with E-state index in [1.165, 1.54) is 0 Å². The van der Waals surface area contributed by atoms with Gasteiger partial charge in [0, 0.05) is 6.42 Å². The summed E-state index contributed by atoms with van der Waals surface area (Å²) in [5, 5.41) is 8.23. The zero-order valence-electron chi connectivity index (χ0n) is 6.17. The second-order valence-corrected chi connectivity index (χ2v) is 1.88. The molecule has 0 saturated heterocycles. The van der Waals surface area contributed by atoms with E-state index in [0.717, 1.165) is 6.61 Å². The van der Waals surface area contributed by atoms with Crippen LogP contribution in [0.2, 0.25) is 0 Å². The van der Waals surface area contributed by atoms with Gasteiger partial charge in [-0.3, -0.25) is 4.79 Å². The first-order valence-electron chi connectivity index (χ1n) is 3.42. The van der Waals surface area contributed by atoms with Gasteiger partial charge in [-0.25, -0.2) is 0 Å². The predicted molar refractivity (Wildman–Crippen MR) is 36.7 cm³/mol. The fourth-order valence-corrected chi connectivity index (χ4v) is 0.571. The molecule has 0 unspecified atom stereocenters. The van der Waals surface area contributed by atoms with E-state index < -0.39 is 0 Å². The predicted octanol–water partition coefficient (Wildman–Crippen LogP) is 1.25. The number of esters is 1. The molecule has 0 saturated carbocycles. The molecule has 0 spiro atoms. The number of carbonyl (C=O) groups is 1. The summed E-state index contributed by atoms with van der Waals surface area (Å²) in [4.78, 5) is 10.6. The van der Waals surface area contributed by atoms with Crippen molar-refractivity contribution in [1.82, 2.24) is 0 Å². The summed E-state index contributed by atoms with van der Waals surface area (Å²) in [6.07, 6.45) is 1.61. The Labute approximate surface area is 61.0 Å². The molecule has 0 aromatic carbocycles. The number of unbranched alkanes of at least 4 members (excludes halogenated alkanes) is 1. The van der Waals surface area contributed by atoms with Crippen LogP contribution < -0.4 is 0 Å². The number of hydrogen-bond donors (Lipinski definition) is 1. The maximum atomic E-state index is 10.6. The van der Waals surface area contributed by atoms with Gasteiger partial charge in [0.1, 0.15) is 0 Å². The smallest absolute Gasteiger partial charge is 0.305 e. The van der Waals surface area contributed by atoms with Gasteiger partial charge in [-0.2, -0.15) is 0 Å². The minimum atomic E-state index is -0.190. The summed E-state index contributed by atoms with van der Waals surface area (Å²) in [5.74, 6) is -0.190. The molecular weight excluding hydrogens is 132 g/mol. The molecule has 0 atom stereocenters. The first-order chi connectivity index (χ1) is 4.81. The highest BCUT2D eigenvalue weighted by Gasteiger charge is 1.99. The lowest BCUT2D eigenvalue weighted by atomic mass is 10.2. The number of rotatable bonds is 5. The number of ether oxygens (including phenoxy) is 1. The molecule has 0 amide bonds. The first kappa shape index (κ1) is 9.43. The van der Waals surface area contributed by atoms with Crippen LogP contribution in [0.1, 0.15) is 26.2 Å². The molecule has 10 heavy (non-hydrogen) atoms. The zero-order valence-corrected chi connectivity index (χ0v) is 6.17. The zero-order chi connectivity index (χ0) is 7.82. The molecule has 0 fully saturated rings. The van der Waals surface area contributed by atoms with Gasteiger partial charge in [0.05, 0.1) is 13.2 Å². The van der Waals surface area contributed by atoms with Crippen molar-refractivity contribution in [2.75, 3.05) is 6.61 Å². The van der Waals surface area contributed by atoms with Crippen molar-refractivity contribution < 1.29 is 14.6 Å². The minimum absolute atomic E-state index is 0.190. The van der Waals surface area contributed by atoms with E-state index in [1.54, 1.807) is 6.92 Å². The Morgan fingerprint density at radius 3 is 2.90 bits per heavy atom. The van der Waals surface area contributed by atoms with Crippen molar-refractivity contribution in [3.8, 4) is 0 Å². The van der Waals surface area contributed by atoms with E-state index in [4.69, 9.17) is 5.11 Å². The van der Waals surface area contributed by atoms with E-state index in [9.17, 15) is 4.79 Å². The highest BCUT2D eigenvalue weighted by atomic mass is 16.5. The molecule has 0 aliphatic carbocycles. The number of aliphatic hydroxyl groups is 1. The lowest BCUT2D eigenvalue weighted by Crippen LogP contribution is -2.02. The van der Waals surface area contributed by atoms with Crippen molar-refractivity contribution in [3.05, 3.63) is 6.61 Å². The summed E-state index contributed by atoms with van der Waals surface area (Å²) in [7, 11) is 0. The van der Waals surface area contributed by atoms with Crippen molar-refractivity contribution in [2.24, 2.45) is 0 Å². The summed E-state index contributed by atoms with van der Waals surface area (Å²) in [6, 6.07) is 0. The Morgan fingerprint density at radius 1 is 1.70 bits per heavy atom. The van der Waals surface area contributed by atoms with Crippen LogP contribution in [0.4, 0.5) is 0 Å². The highest BCUT2D eigenvalue weighted by molar-refractivity contribution is 5.69. The quantitative estimate of drug-likeness (QED) is 0.468. The van der Waals surface area contributed by atoms with Gasteiger partial charge in [-0.05, 0) is 19.8 Å². The van der Waals surface area contributed by atoms with E-state index in [2.05, 4.69) is 4.74 Å². The van der Waals surface area contributed by atoms with Crippen LogP contribution in [-0.2, 0) is 9.53 Å². The standard InChI is InChI=1S/C7H13O3/c1-2-10-7(9)5-3-4-6-8/h6,8H,2-5H2,1H3. The fourth-order valence-electron chi connectivity index (χ4n) is 0.571. The number of carbonyl (C=O) groups excluding carboxylic acids is 1. The van der Waals surface area contributed by atoms with Crippen LogP contribution in [0, 0.1) is 6.61 Å². The molecule has 0 aliphatic heterocycles. The average molecular weight is 145 g/mol. The summed E-state index contributed by atoms with van der Waals surface area (Å²) < 4.78 is 4.65. The Morgan fingerprint density at radius 2 is 2.40 bits per heavy atom. The summed E-state index contributed by atoms with van der Waals surface area (Å²) in [6.45, 7) is 3.26. The van der Waals surface area contributed by atoms with Gasteiger partial charge in [0.15, 0.2) is 0 Å². The van der Waals surface area contributed by atoms with Crippen LogP contribution in [0.25, 0.3) is 0 Å². The van der Waals surface area contributed by atoms with Crippen molar-refractivity contribution in [2.45, 2.75) is 26.2 Å². The van der Waals surface area contributed by atoms with E-state index in [-0.39, 0.29) is 5.97 Å². The molecule has 0 bridgehead atoms. The van der Waals surface area contributed by atoms with Gasteiger partial charge in [-0.1, -0.05) is 0 Å². The van der Waals surface area contributed by atoms with Gasteiger partial charge in [-0.15, -0.1) is 0 Å². The third kappa shape index (κ3) is 5.56. The topological polar surface area (TPSA) is 46.5 Å². The molecule has 0 aromatic rings. The Hall–Kier alpha value is -0.570. The van der Waals surface area contributed by atoms with Crippen LogP contribution >= 0.6 is 0 Å². The second kappa shape index (κ2) is 6.55. The first-order valence-corrected chi connectivity index (χ1v) is 3.42. The minimum Gasteiger partial charge on any atom is -0.466 e. The van der Waals surface area contributed by atoms with E-state index in [1.807, 2.05) is 0 Å². The third-order valence-electron chi connectivity index (χ3n) is 1.02. The highest BCUT2D eigenvalue weighted by Crippen LogP contribution is 1.97. The largest absolute Gasteiger partial charge is 0.466 e. The maximum Gasteiger partial charge on any atom is 0.305 e. The van der Waals surface area contributed by atoms with Crippen LogP contribution in [-0.4, -0.2) is 17.7 Å². The molecule has 0 heterocycles. The molecule has 3 heteroatoms. The molecular formula is C7H13O3. The van der Waals surface area contributed by atoms with Crippen LogP contribution in [0.3, 0.4) is 0 Å². The normalized spacial score (nSPS) is 9.40. The van der Waals surface area contributed by atoms with E-state index in [0.29, 0.717) is 25.9 Å². The molecule has 0 rings (SSSR count). The third-order valence-corrected chi connectivity index (χ3v) is 1.02. The van der Waals surface area contributed by atoms with Gasteiger partial charge < -0.3 is 9.84 Å². The van der Waals surface area contributed by atoms with Crippen LogP contribution in [0.15, 0.2) is 0 Å². The second-order valence-electron chi connectivity index (χ2n) is 1.88.